The summed E-state index contributed by atoms with van der Waals surface area (Å²) in [6.45, 7) is 6.09. The van der Waals surface area contributed by atoms with Crippen LogP contribution in [0, 0.1) is 0 Å². The zero-order valence-electron chi connectivity index (χ0n) is 10.2. The first-order valence-electron chi connectivity index (χ1n) is 6.05. The molecule has 5 nitrogen and oxygen atoms in total. The number of rotatable bonds is 4. The molecule has 0 bridgehead atoms. The van der Waals surface area contributed by atoms with E-state index in [9.17, 15) is 4.79 Å². The Labute approximate surface area is 101 Å². The Morgan fingerprint density at radius 1 is 1.24 bits per heavy atom. The second-order valence-corrected chi connectivity index (χ2v) is 4.20. The van der Waals surface area contributed by atoms with Gasteiger partial charge in [-0.15, -0.1) is 0 Å². The number of carbonyl (C=O) groups excluding carboxylic acids is 1. The van der Waals surface area contributed by atoms with Gasteiger partial charge >= 0.3 is 0 Å². The van der Waals surface area contributed by atoms with Gasteiger partial charge in [0.2, 0.25) is 5.95 Å². The van der Waals surface area contributed by atoms with Crippen LogP contribution in [0.1, 0.15) is 13.3 Å². The molecule has 2 heterocycles. The minimum absolute atomic E-state index is 0.314. The van der Waals surface area contributed by atoms with Gasteiger partial charge in [-0.2, -0.15) is 0 Å². The third-order valence-corrected chi connectivity index (χ3v) is 3.00. The van der Waals surface area contributed by atoms with Gasteiger partial charge < -0.3 is 4.90 Å². The molecule has 2 rings (SSSR count). The Morgan fingerprint density at radius 2 is 1.88 bits per heavy atom. The van der Waals surface area contributed by atoms with Crippen molar-refractivity contribution in [2.45, 2.75) is 13.3 Å². The average Bonchev–Trinajstić information content (AvgIpc) is 2.40. The summed E-state index contributed by atoms with van der Waals surface area (Å²) >= 11 is 0. The summed E-state index contributed by atoms with van der Waals surface area (Å²) in [6.07, 6.45) is 4.15. The highest BCUT2D eigenvalue weighted by Gasteiger charge is 2.19. The van der Waals surface area contributed by atoms with E-state index in [2.05, 4.69) is 19.8 Å². The molecule has 0 aliphatic carbocycles. The fourth-order valence-electron chi connectivity index (χ4n) is 1.92. The van der Waals surface area contributed by atoms with E-state index in [1.807, 2.05) is 13.0 Å². The molecule has 0 amide bonds. The summed E-state index contributed by atoms with van der Waals surface area (Å²) in [4.78, 5) is 24.2. The first-order chi connectivity index (χ1) is 8.29. The number of nitrogens with zero attached hydrogens (tertiary/aromatic N) is 4. The number of hydrogen-bond donors (Lipinski definition) is 0. The Hall–Kier alpha value is -1.49. The molecule has 92 valence electrons. The maximum absolute atomic E-state index is 11.4. The van der Waals surface area contributed by atoms with E-state index in [0.717, 1.165) is 32.1 Å². The molecule has 0 radical (unpaired) electrons. The van der Waals surface area contributed by atoms with Crippen molar-refractivity contribution in [2.24, 2.45) is 0 Å². The molecule has 1 aromatic heterocycles. The molecule has 1 fully saturated rings. The van der Waals surface area contributed by atoms with Crippen LogP contribution in [0.25, 0.3) is 0 Å². The second kappa shape index (κ2) is 5.72. The van der Waals surface area contributed by atoms with E-state index in [1.165, 1.54) is 0 Å². The molecule has 0 unspecified atom stereocenters. The molecule has 0 aromatic carbocycles. The number of carbonyl (C=O) groups is 1. The Morgan fingerprint density at radius 3 is 2.47 bits per heavy atom. The van der Waals surface area contributed by atoms with Gasteiger partial charge in [0.25, 0.3) is 0 Å². The van der Waals surface area contributed by atoms with Crippen molar-refractivity contribution < 1.29 is 4.79 Å². The summed E-state index contributed by atoms with van der Waals surface area (Å²) in [5, 5.41) is 0. The third-order valence-electron chi connectivity index (χ3n) is 3.00. The van der Waals surface area contributed by atoms with Gasteiger partial charge in [0.05, 0.1) is 6.54 Å². The fraction of sp³-hybridized carbons (Fsp3) is 0.583. The van der Waals surface area contributed by atoms with Gasteiger partial charge in [-0.3, -0.25) is 9.69 Å². The van der Waals surface area contributed by atoms with Gasteiger partial charge in [0, 0.05) is 45.0 Å². The van der Waals surface area contributed by atoms with E-state index >= 15 is 0 Å². The number of piperazine rings is 1. The van der Waals surface area contributed by atoms with Gasteiger partial charge in [-0.05, 0) is 6.07 Å². The number of ketones is 1. The standard InChI is InChI=1S/C12H18N4O/c1-2-11(17)10-15-6-8-16(9-7-15)12-13-4-3-5-14-12/h3-5H,2,6-10H2,1H3. The predicted molar refractivity (Wildman–Crippen MR) is 66.0 cm³/mol. The first kappa shape index (κ1) is 12.0. The molecule has 1 saturated heterocycles. The highest BCUT2D eigenvalue weighted by atomic mass is 16.1. The monoisotopic (exact) mass is 234 g/mol. The Bertz CT molecular complexity index is 360. The summed E-state index contributed by atoms with van der Waals surface area (Å²) in [5.41, 5.74) is 0. The van der Waals surface area contributed by atoms with Crippen LogP contribution in [-0.2, 0) is 4.79 Å². The molecule has 0 saturated carbocycles. The van der Waals surface area contributed by atoms with Crippen LogP contribution < -0.4 is 4.90 Å². The van der Waals surface area contributed by atoms with Crippen LogP contribution in [0.3, 0.4) is 0 Å². The Balaban J connectivity index is 1.84. The molecular formula is C12H18N4O. The van der Waals surface area contributed by atoms with Gasteiger partial charge in [-0.1, -0.05) is 6.92 Å². The molecule has 17 heavy (non-hydrogen) atoms. The molecular weight excluding hydrogens is 216 g/mol. The normalized spacial score (nSPS) is 17.1. The van der Waals surface area contributed by atoms with Crippen LogP contribution in [0.4, 0.5) is 5.95 Å². The fourth-order valence-corrected chi connectivity index (χ4v) is 1.92. The predicted octanol–water partition coefficient (Wildman–Crippen LogP) is 0.578. The van der Waals surface area contributed by atoms with Crippen LogP contribution in [0.5, 0.6) is 0 Å². The lowest BCUT2D eigenvalue weighted by molar-refractivity contribution is -0.119. The summed E-state index contributed by atoms with van der Waals surface area (Å²) < 4.78 is 0. The number of Topliss-reactive ketones (excluding diaryl/α,β-unsaturated/α-hetero) is 1. The molecule has 1 aromatic rings. The van der Waals surface area contributed by atoms with Crippen molar-refractivity contribution in [1.82, 2.24) is 14.9 Å². The largest absolute Gasteiger partial charge is 0.338 e. The van der Waals surface area contributed by atoms with Crippen molar-refractivity contribution >= 4 is 11.7 Å². The topological polar surface area (TPSA) is 49.3 Å². The molecule has 1 aliphatic rings. The zero-order chi connectivity index (χ0) is 12.1. The van der Waals surface area contributed by atoms with Gasteiger partial charge in [-0.25, -0.2) is 9.97 Å². The minimum atomic E-state index is 0.314. The lowest BCUT2D eigenvalue weighted by atomic mass is 10.2. The summed E-state index contributed by atoms with van der Waals surface area (Å²) in [7, 11) is 0. The smallest absolute Gasteiger partial charge is 0.225 e. The third kappa shape index (κ3) is 3.23. The molecule has 0 N–H and O–H groups in total. The molecule has 5 heteroatoms. The lowest BCUT2D eigenvalue weighted by Gasteiger charge is -2.34. The van der Waals surface area contributed by atoms with Crippen LogP contribution in [0.2, 0.25) is 0 Å². The van der Waals surface area contributed by atoms with E-state index < -0.39 is 0 Å². The van der Waals surface area contributed by atoms with Crippen molar-refractivity contribution in [3.8, 4) is 0 Å². The van der Waals surface area contributed by atoms with Crippen molar-refractivity contribution in [2.75, 3.05) is 37.6 Å². The van der Waals surface area contributed by atoms with Crippen molar-refractivity contribution in [1.29, 1.82) is 0 Å². The second-order valence-electron chi connectivity index (χ2n) is 4.20. The van der Waals surface area contributed by atoms with Crippen LogP contribution in [-0.4, -0.2) is 53.4 Å². The minimum Gasteiger partial charge on any atom is -0.338 e. The highest BCUT2D eigenvalue weighted by molar-refractivity contribution is 5.80. The van der Waals surface area contributed by atoms with E-state index in [0.29, 0.717) is 18.7 Å². The van der Waals surface area contributed by atoms with Crippen molar-refractivity contribution in [3.63, 3.8) is 0 Å². The maximum atomic E-state index is 11.4. The van der Waals surface area contributed by atoms with Crippen LogP contribution in [0.15, 0.2) is 18.5 Å². The first-order valence-corrected chi connectivity index (χ1v) is 6.05. The van der Waals surface area contributed by atoms with E-state index in [1.54, 1.807) is 12.4 Å². The summed E-state index contributed by atoms with van der Waals surface area (Å²) in [5.74, 6) is 1.10. The van der Waals surface area contributed by atoms with E-state index in [4.69, 9.17) is 0 Å². The highest BCUT2D eigenvalue weighted by Crippen LogP contribution is 2.09. The number of hydrogen-bond acceptors (Lipinski definition) is 5. The maximum Gasteiger partial charge on any atom is 0.225 e. The molecule has 0 spiro atoms. The average molecular weight is 234 g/mol. The zero-order valence-corrected chi connectivity index (χ0v) is 10.2. The SMILES string of the molecule is CCC(=O)CN1CCN(c2ncccn2)CC1. The van der Waals surface area contributed by atoms with Gasteiger partial charge in [0.1, 0.15) is 5.78 Å². The van der Waals surface area contributed by atoms with E-state index in [-0.39, 0.29) is 0 Å². The summed E-state index contributed by atoms with van der Waals surface area (Å²) in [6, 6.07) is 1.82. The molecule has 1 aliphatic heterocycles. The van der Waals surface area contributed by atoms with Crippen LogP contribution >= 0.6 is 0 Å². The van der Waals surface area contributed by atoms with Crippen molar-refractivity contribution in [3.05, 3.63) is 18.5 Å². The number of aromatic nitrogens is 2. The number of anilines is 1. The Kier molecular flexibility index (Phi) is 4.03. The quantitative estimate of drug-likeness (QED) is 0.762. The van der Waals surface area contributed by atoms with Gasteiger partial charge in [0.15, 0.2) is 0 Å². The molecule has 0 atom stereocenters. The lowest BCUT2D eigenvalue weighted by Crippen LogP contribution is -2.48.